The Bertz CT molecular complexity index is 2910. The van der Waals surface area contributed by atoms with Crippen LogP contribution in [-0.2, 0) is 6.37 Å². The van der Waals surface area contributed by atoms with Crippen molar-refractivity contribution in [1.29, 1.82) is 0 Å². The summed E-state index contributed by atoms with van der Waals surface area (Å²) < 4.78 is 23.9. The van der Waals surface area contributed by atoms with Crippen molar-refractivity contribution >= 4 is 64.1 Å². The molecule has 262 valence electrons. The highest BCUT2D eigenvalue weighted by molar-refractivity contribution is 7.26. The van der Waals surface area contributed by atoms with Crippen molar-refractivity contribution < 1.29 is 2.74 Å². The van der Waals surface area contributed by atoms with Gasteiger partial charge in [-0.25, -0.2) is 4.98 Å². The van der Waals surface area contributed by atoms with E-state index in [1.807, 2.05) is 20.8 Å². The number of thiophene rings is 1. The molecule has 0 radical (unpaired) electrons. The third-order valence-electron chi connectivity index (χ3n) is 10.5. The average molecular weight is 709 g/mol. The van der Waals surface area contributed by atoms with Crippen molar-refractivity contribution in [2.75, 3.05) is 0 Å². The van der Waals surface area contributed by atoms with Gasteiger partial charge in [0, 0.05) is 28.5 Å². The lowest BCUT2D eigenvalue weighted by molar-refractivity contribution is 0.413. The third kappa shape index (κ3) is 5.74. The summed E-state index contributed by atoms with van der Waals surface area (Å²) in [5.41, 5.74) is 9.30. The fourth-order valence-electron chi connectivity index (χ4n) is 8.11. The summed E-state index contributed by atoms with van der Waals surface area (Å²) in [6.07, 6.45) is -1.60. The molecule has 2 aromatic heterocycles. The van der Waals surface area contributed by atoms with Crippen LogP contribution in [0.3, 0.4) is 0 Å². The maximum atomic E-state index is 9.62. The van der Waals surface area contributed by atoms with E-state index in [1.54, 1.807) is 11.3 Å². The maximum Gasteiger partial charge on any atom is 0.147 e. The first-order valence-electron chi connectivity index (χ1n) is 19.9. The highest BCUT2D eigenvalue weighted by atomic mass is 32.1. The standard InChI is InChI=1S/C50H46N2S/c1-30(2)39-26-36(32-15-9-8-10-16-32)27-40(31(3)4)47(39)52-44-20-14-13-19-43(44)51-49(52)38-24-23-35(29-50(5,6)7)46-42-25-34-22-21-33-17-11-12-18-37(33)41(34)28-45(42)53-48(38)46/h8-28,30-31H,29H2,1-7H3/i29D2. The number of fused-ring (bicyclic) bond motifs is 7. The van der Waals surface area contributed by atoms with Gasteiger partial charge in [-0.15, -0.1) is 11.3 Å². The second-order valence-electron chi connectivity index (χ2n) is 16.1. The number of para-hydroxylation sites is 2. The second kappa shape index (κ2) is 12.7. The maximum absolute atomic E-state index is 9.62. The van der Waals surface area contributed by atoms with Gasteiger partial charge in [0.05, 0.1) is 16.7 Å². The van der Waals surface area contributed by atoms with Gasteiger partial charge in [0.1, 0.15) is 5.82 Å². The lowest BCUT2D eigenvalue weighted by Crippen LogP contribution is -2.10. The van der Waals surface area contributed by atoms with Gasteiger partial charge in [0.15, 0.2) is 0 Å². The van der Waals surface area contributed by atoms with E-state index in [2.05, 4.69) is 160 Å². The summed E-state index contributed by atoms with van der Waals surface area (Å²) in [6.45, 7) is 15.2. The molecule has 0 unspecified atom stereocenters. The van der Waals surface area contributed by atoms with Crippen LogP contribution >= 0.6 is 11.3 Å². The zero-order chi connectivity index (χ0) is 38.4. The zero-order valence-electron chi connectivity index (χ0n) is 33.6. The number of hydrogen-bond donors (Lipinski definition) is 0. The van der Waals surface area contributed by atoms with Gasteiger partial charge in [-0.3, -0.25) is 4.57 Å². The lowest BCUT2D eigenvalue weighted by atomic mass is 9.85. The van der Waals surface area contributed by atoms with Crippen molar-refractivity contribution in [3.8, 4) is 28.2 Å². The molecular weight excluding hydrogens is 661 g/mol. The second-order valence-corrected chi connectivity index (χ2v) is 17.2. The molecule has 53 heavy (non-hydrogen) atoms. The Morgan fingerprint density at radius 1 is 0.660 bits per heavy atom. The molecule has 0 N–H and O–H groups in total. The van der Waals surface area contributed by atoms with Crippen LogP contribution in [0.2, 0.25) is 0 Å². The summed E-state index contributed by atoms with van der Waals surface area (Å²) in [5.74, 6) is 1.38. The van der Waals surface area contributed by atoms with Gasteiger partial charge in [0.2, 0.25) is 0 Å². The molecule has 2 heterocycles. The van der Waals surface area contributed by atoms with Crippen LogP contribution in [0.15, 0.2) is 127 Å². The molecule has 0 saturated heterocycles. The summed E-state index contributed by atoms with van der Waals surface area (Å²) in [4.78, 5) is 5.47. The van der Waals surface area contributed by atoms with E-state index in [0.29, 0.717) is 0 Å². The summed E-state index contributed by atoms with van der Waals surface area (Å²) >= 11 is 1.76. The molecule has 0 aliphatic carbocycles. The Labute approximate surface area is 319 Å². The Morgan fingerprint density at radius 2 is 1.34 bits per heavy atom. The molecule has 0 amide bonds. The largest absolute Gasteiger partial charge is 0.292 e. The highest BCUT2D eigenvalue weighted by Gasteiger charge is 2.26. The summed E-state index contributed by atoms with van der Waals surface area (Å²) in [5, 5.41) is 6.90. The molecule has 0 spiro atoms. The molecule has 0 atom stereocenters. The zero-order valence-corrected chi connectivity index (χ0v) is 32.4. The van der Waals surface area contributed by atoms with Gasteiger partial charge in [0.25, 0.3) is 0 Å². The number of rotatable bonds is 6. The quantitative estimate of drug-likeness (QED) is 0.157. The van der Waals surface area contributed by atoms with E-state index >= 15 is 0 Å². The van der Waals surface area contributed by atoms with E-state index < -0.39 is 11.8 Å². The molecule has 9 aromatic rings. The Hall–Kier alpha value is -5.25. The van der Waals surface area contributed by atoms with Gasteiger partial charge in [-0.2, -0.15) is 0 Å². The van der Waals surface area contributed by atoms with Crippen molar-refractivity contribution in [3.05, 3.63) is 144 Å². The van der Waals surface area contributed by atoms with Gasteiger partial charge >= 0.3 is 0 Å². The molecule has 0 saturated carbocycles. The highest BCUT2D eigenvalue weighted by Crippen LogP contribution is 2.47. The summed E-state index contributed by atoms with van der Waals surface area (Å²) in [6, 6.07) is 45.8. The van der Waals surface area contributed by atoms with E-state index in [4.69, 9.17) is 4.98 Å². The van der Waals surface area contributed by atoms with Gasteiger partial charge < -0.3 is 0 Å². The number of hydrogen-bond acceptors (Lipinski definition) is 2. The molecule has 3 heteroatoms. The first kappa shape index (κ1) is 31.3. The van der Waals surface area contributed by atoms with E-state index in [9.17, 15) is 2.74 Å². The minimum Gasteiger partial charge on any atom is -0.292 e. The van der Waals surface area contributed by atoms with Crippen LogP contribution in [0, 0.1) is 5.41 Å². The first-order chi connectivity index (χ1) is 26.3. The lowest BCUT2D eigenvalue weighted by Gasteiger charge is -2.25. The number of imidazole rings is 1. The molecule has 0 aliphatic heterocycles. The predicted octanol–water partition coefficient (Wildman–Crippen LogP) is 14.9. The van der Waals surface area contributed by atoms with Crippen LogP contribution in [-0.4, -0.2) is 9.55 Å². The SMILES string of the molecule is [2H]C([2H])(c1ccc(-c2nc3ccccc3n2-c2c(C(C)C)cc(-c3ccccc3)cc2C(C)C)c2sc3cc4c(ccc5ccccc54)cc3c12)C(C)(C)C. The smallest absolute Gasteiger partial charge is 0.147 e. The van der Waals surface area contributed by atoms with E-state index in [-0.39, 0.29) is 11.8 Å². The normalized spacial score (nSPS) is 13.3. The summed E-state index contributed by atoms with van der Waals surface area (Å²) in [7, 11) is 0. The van der Waals surface area contributed by atoms with E-state index in [0.717, 1.165) is 53.5 Å². The van der Waals surface area contributed by atoms with Gasteiger partial charge in [-0.1, -0.05) is 133 Å². The fraction of sp³-hybridized carbons (Fsp3) is 0.220. The first-order valence-corrected chi connectivity index (χ1v) is 19.7. The predicted molar refractivity (Wildman–Crippen MR) is 231 cm³/mol. The van der Waals surface area contributed by atoms with Crippen molar-refractivity contribution in [2.45, 2.75) is 66.7 Å². The number of nitrogens with zero attached hydrogens (tertiary/aromatic N) is 2. The van der Waals surface area contributed by atoms with Crippen molar-refractivity contribution in [3.63, 3.8) is 0 Å². The Balaban J connectivity index is 1.41. The van der Waals surface area contributed by atoms with Crippen LogP contribution in [0.4, 0.5) is 0 Å². The number of aromatic nitrogens is 2. The average Bonchev–Trinajstić information content (AvgIpc) is 3.74. The molecule has 2 nitrogen and oxygen atoms in total. The molecule has 0 bridgehead atoms. The van der Waals surface area contributed by atoms with Crippen LogP contribution < -0.4 is 0 Å². The van der Waals surface area contributed by atoms with Crippen molar-refractivity contribution in [1.82, 2.24) is 9.55 Å². The minimum atomic E-state index is -1.60. The fourth-order valence-corrected chi connectivity index (χ4v) is 9.37. The van der Waals surface area contributed by atoms with Crippen molar-refractivity contribution in [2.24, 2.45) is 5.41 Å². The number of benzene rings is 7. The molecular formula is C50H46N2S. The Kier molecular flexibility index (Phi) is 7.50. The molecule has 0 aliphatic rings. The molecule has 7 aromatic carbocycles. The van der Waals surface area contributed by atoms with Crippen LogP contribution in [0.5, 0.6) is 0 Å². The minimum absolute atomic E-state index is 0.248. The van der Waals surface area contributed by atoms with Crippen LogP contribution in [0.25, 0.3) is 81.0 Å². The molecule has 9 rings (SSSR count). The monoisotopic (exact) mass is 708 g/mol. The topological polar surface area (TPSA) is 17.8 Å². The van der Waals surface area contributed by atoms with E-state index in [1.165, 1.54) is 44.1 Å². The third-order valence-corrected chi connectivity index (χ3v) is 11.7. The van der Waals surface area contributed by atoms with Gasteiger partial charge in [-0.05, 0) is 115 Å². The Morgan fingerprint density at radius 3 is 2.08 bits per heavy atom. The van der Waals surface area contributed by atoms with Crippen LogP contribution in [0.1, 0.15) is 79.7 Å². The molecule has 0 fully saturated rings.